The van der Waals surface area contributed by atoms with E-state index in [2.05, 4.69) is 5.32 Å². The molecule has 0 aliphatic heterocycles. The molecule has 0 radical (unpaired) electrons. The summed E-state index contributed by atoms with van der Waals surface area (Å²) in [5.74, 6) is -1.07. The highest BCUT2D eigenvalue weighted by Crippen LogP contribution is 2.29. The second-order valence-electron chi connectivity index (χ2n) is 6.26. The minimum atomic E-state index is -3.97. The average molecular weight is 431 g/mol. The van der Waals surface area contributed by atoms with Crippen LogP contribution in [0.15, 0.2) is 83.8 Å². The summed E-state index contributed by atoms with van der Waals surface area (Å²) in [4.78, 5) is 10.8. The van der Waals surface area contributed by atoms with E-state index in [0.29, 0.717) is 11.4 Å². The zero-order valence-corrected chi connectivity index (χ0v) is 16.9. The van der Waals surface area contributed by atoms with Gasteiger partial charge in [-0.05, 0) is 35.9 Å². The predicted molar refractivity (Wildman–Crippen MR) is 114 cm³/mol. The molecule has 0 amide bonds. The van der Waals surface area contributed by atoms with E-state index in [9.17, 15) is 13.2 Å². The molecular weight excluding hydrogens is 412 g/mol. The van der Waals surface area contributed by atoms with Crippen molar-refractivity contribution >= 4 is 39.0 Å². The van der Waals surface area contributed by atoms with E-state index in [1.165, 1.54) is 22.5 Å². The van der Waals surface area contributed by atoms with Crippen LogP contribution in [0.1, 0.15) is 5.56 Å². The van der Waals surface area contributed by atoms with Crippen LogP contribution in [0.5, 0.6) is 0 Å². The molecule has 3 aromatic carbocycles. The molecule has 0 unspecified atom stereocenters. The highest BCUT2D eigenvalue weighted by Gasteiger charge is 2.26. The zero-order valence-electron chi connectivity index (χ0n) is 15.3. The molecule has 0 spiro atoms. The van der Waals surface area contributed by atoms with Crippen molar-refractivity contribution in [3.8, 4) is 0 Å². The minimum absolute atomic E-state index is 0.0299. The van der Waals surface area contributed by atoms with Gasteiger partial charge in [0.25, 0.3) is 10.0 Å². The maximum atomic E-state index is 13.5. The van der Waals surface area contributed by atoms with Gasteiger partial charge in [0.1, 0.15) is 6.54 Å². The molecule has 0 bridgehead atoms. The summed E-state index contributed by atoms with van der Waals surface area (Å²) in [5.41, 5.74) is 1.65. The van der Waals surface area contributed by atoms with Gasteiger partial charge in [0.2, 0.25) is 0 Å². The molecule has 2 N–H and O–H groups in total. The smallest absolute Gasteiger partial charge is 0.322 e. The molecule has 0 aliphatic carbocycles. The third-order valence-corrected chi connectivity index (χ3v) is 6.09. The molecule has 150 valence electrons. The zero-order chi connectivity index (χ0) is 20.9. The number of anilines is 2. The van der Waals surface area contributed by atoms with Crippen molar-refractivity contribution in [2.75, 3.05) is 16.2 Å². The van der Waals surface area contributed by atoms with Gasteiger partial charge < -0.3 is 10.4 Å². The lowest BCUT2D eigenvalue weighted by molar-refractivity contribution is -0.134. The lowest BCUT2D eigenvalue weighted by Crippen LogP contribution is -2.30. The number of rotatable bonds is 8. The number of carbonyl (C=O) groups is 1. The number of hydrogen-bond acceptors (Lipinski definition) is 4. The van der Waals surface area contributed by atoms with Gasteiger partial charge in [-0.25, -0.2) is 8.42 Å². The van der Waals surface area contributed by atoms with Crippen molar-refractivity contribution in [3.05, 3.63) is 89.4 Å². The second-order valence-corrected chi connectivity index (χ2v) is 8.55. The van der Waals surface area contributed by atoms with Gasteiger partial charge >= 0.3 is 5.97 Å². The molecule has 0 atom stereocenters. The van der Waals surface area contributed by atoms with Crippen LogP contribution in [0.3, 0.4) is 0 Å². The summed E-state index contributed by atoms with van der Waals surface area (Å²) in [6.45, 7) is -0.218. The van der Waals surface area contributed by atoms with Gasteiger partial charge in [0, 0.05) is 10.7 Å². The van der Waals surface area contributed by atoms with Crippen LogP contribution in [0.2, 0.25) is 5.02 Å². The molecule has 0 aliphatic rings. The highest BCUT2D eigenvalue weighted by atomic mass is 35.5. The Labute approximate surface area is 174 Å². The first kappa shape index (κ1) is 20.7. The van der Waals surface area contributed by atoms with Crippen LogP contribution in [0.25, 0.3) is 0 Å². The lowest BCUT2D eigenvalue weighted by Gasteiger charge is -2.25. The fourth-order valence-corrected chi connectivity index (χ4v) is 4.60. The van der Waals surface area contributed by atoms with Crippen LogP contribution in [-0.2, 0) is 21.4 Å². The van der Waals surface area contributed by atoms with Crippen molar-refractivity contribution < 1.29 is 18.3 Å². The van der Waals surface area contributed by atoms with Crippen molar-refractivity contribution in [3.63, 3.8) is 0 Å². The fraction of sp³-hybridized carbons (Fsp3) is 0.0952. The number of aliphatic carboxylic acids is 1. The van der Waals surface area contributed by atoms with E-state index in [1.807, 2.05) is 36.4 Å². The predicted octanol–water partition coefficient (Wildman–Crippen LogP) is 4.23. The fourth-order valence-electron chi connectivity index (χ4n) is 2.78. The molecular formula is C21H19ClN2O4S. The summed E-state index contributed by atoms with van der Waals surface area (Å²) in [7, 11) is -3.97. The minimum Gasteiger partial charge on any atom is -0.480 e. The Morgan fingerprint density at radius 1 is 0.966 bits per heavy atom. The van der Waals surface area contributed by atoms with Crippen molar-refractivity contribution in [1.82, 2.24) is 0 Å². The molecule has 0 heterocycles. The number of nitrogens with one attached hydrogen (secondary N) is 1. The standard InChI is InChI=1S/C21H19ClN2O4S/c22-17-11-18(23-14-21(25)26)13-20(12-17)29(27,28)24(19-9-5-2-6-10-19)15-16-7-3-1-4-8-16/h1-13,23H,14-15H2,(H,25,26). The maximum absolute atomic E-state index is 13.5. The van der Waals surface area contributed by atoms with Crippen LogP contribution < -0.4 is 9.62 Å². The molecule has 0 aromatic heterocycles. The molecule has 0 saturated heterocycles. The van der Waals surface area contributed by atoms with Crippen LogP contribution in [0, 0.1) is 0 Å². The Morgan fingerprint density at radius 3 is 2.21 bits per heavy atom. The maximum Gasteiger partial charge on any atom is 0.322 e. The van der Waals surface area contributed by atoms with Gasteiger partial charge in [0.15, 0.2) is 0 Å². The largest absolute Gasteiger partial charge is 0.480 e. The molecule has 0 fully saturated rings. The van der Waals surface area contributed by atoms with E-state index in [0.717, 1.165) is 5.56 Å². The van der Waals surface area contributed by atoms with Gasteiger partial charge in [-0.1, -0.05) is 60.1 Å². The topological polar surface area (TPSA) is 86.7 Å². The second kappa shape index (κ2) is 8.98. The van der Waals surface area contributed by atoms with Gasteiger partial charge in [-0.2, -0.15) is 0 Å². The van der Waals surface area contributed by atoms with Gasteiger partial charge in [-0.15, -0.1) is 0 Å². The number of carboxylic acids is 1. The monoisotopic (exact) mass is 430 g/mol. The molecule has 0 saturated carbocycles. The Balaban J connectivity index is 2.03. The Kier molecular flexibility index (Phi) is 6.41. The van der Waals surface area contributed by atoms with E-state index in [4.69, 9.17) is 16.7 Å². The molecule has 8 heteroatoms. The van der Waals surface area contributed by atoms with Crippen molar-refractivity contribution in [2.24, 2.45) is 0 Å². The molecule has 6 nitrogen and oxygen atoms in total. The summed E-state index contributed by atoms with van der Waals surface area (Å²) in [6, 6.07) is 22.2. The Hall–Kier alpha value is -3.03. The van der Waals surface area contributed by atoms with E-state index in [-0.39, 0.29) is 23.0 Å². The quantitative estimate of drug-likeness (QED) is 0.558. The van der Waals surface area contributed by atoms with Crippen molar-refractivity contribution in [1.29, 1.82) is 0 Å². The number of nitrogens with zero attached hydrogens (tertiary/aromatic N) is 1. The first-order valence-electron chi connectivity index (χ1n) is 8.74. The molecule has 3 aromatic rings. The summed E-state index contributed by atoms with van der Waals surface area (Å²) in [5, 5.41) is 11.7. The third-order valence-electron chi connectivity index (χ3n) is 4.12. The number of benzene rings is 3. The van der Waals surface area contributed by atoms with E-state index in [1.54, 1.807) is 24.3 Å². The number of hydrogen-bond donors (Lipinski definition) is 2. The van der Waals surface area contributed by atoms with E-state index < -0.39 is 16.0 Å². The van der Waals surface area contributed by atoms with Crippen LogP contribution in [0.4, 0.5) is 11.4 Å². The lowest BCUT2D eigenvalue weighted by atomic mass is 10.2. The summed E-state index contributed by atoms with van der Waals surface area (Å²) >= 11 is 6.11. The number of sulfonamides is 1. The van der Waals surface area contributed by atoms with Crippen molar-refractivity contribution in [2.45, 2.75) is 11.4 Å². The third kappa shape index (κ3) is 5.28. The van der Waals surface area contributed by atoms with E-state index >= 15 is 0 Å². The average Bonchev–Trinajstić information content (AvgIpc) is 2.71. The highest BCUT2D eigenvalue weighted by molar-refractivity contribution is 7.92. The summed E-state index contributed by atoms with van der Waals surface area (Å²) < 4.78 is 28.3. The Bertz CT molecular complexity index is 1090. The first-order valence-corrected chi connectivity index (χ1v) is 10.6. The normalized spacial score (nSPS) is 11.1. The SMILES string of the molecule is O=C(O)CNc1cc(Cl)cc(S(=O)(=O)N(Cc2ccccc2)c2ccccc2)c1. The number of para-hydroxylation sites is 1. The number of carboxylic acid groups (broad SMARTS) is 1. The molecule has 29 heavy (non-hydrogen) atoms. The summed E-state index contributed by atoms with van der Waals surface area (Å²) in [6.07, 6.45) is 0. The van der Waals surface area contributed by atoms with Gasteiger partial charge in [-0.3, -0.25) is 9.10 Å². The van der Waals surface area contributed by atoms with Gasteiger partial charge in [0.05, 0.1) is 17.1 Å². The van der Waals surface area contributed by atoms with Crippen LogP contribution in [-0.4, -0.2) is 26.0 Å². The number of halogens is 1. The first-order chi connectivity index (χ1) is 13.9. The Morgan fingerprint density at radius 2 is 1.59 bits per heavy atom. The molecule has 3 rings (SSSR count). The van der Waals surface area contributed by atoms with Crippen LogP contribution >= 0.6 is 11.6 Å².